The summed E-state index contributed by atoms with van der Waals surface area (Å²) in [6, 6.07) is 0. The van der Waals surface area contributed by atoms with Crippen LogP contribution >= 0.6 is 0 Å². The molecule has 2 nitrogen and oxygen atoms in total. The Morgan fingerprint density at radius 3 is 2.09 bits per heavy atom. The zero-order valence-corrected chi connectivity index (χ0v) is 8.05. The van der Waals surface area contributed by atoms with Crippen molar-refractivity contribution in [1.29, 1.82) is 0 Å². The molecule has 1 heterocycles. The molecule has 0 bridgehead atoms. The van der Waals surface area contributed by atoms with E-state index in [4.69, 9.17) is 0 Å². The van der Waals surface area contributed by atoms with E-state index in [2.05, 4.69) is 36.2 Å². The molecule has 0 spiro atoms. The maximum absolute atomic E-state index is 4.31. The van der Waals surface area contributed by atoms with Crippen LogP contribution in [0.1, 0.15) is 0 Å². The molecule has 0 aromatic carbocycles. The summed E-state index contributed by atoms with van der Waals surface area (Å²) in [6.45, 7) is 6.90. The molecule has 0 unspecified atom stereocenters. The number of nitrogens with zero attached hydrogens (tertiary/aromatic N) is 2. The summed E-state index contributed by atoms with van der Waals surface area (Å²) in [6.07, 6.45) is 3.88. The van der Waals surface area contributed by atoms with E-state index in [0.717, 1.165) is 0 Å². The van der Waals surface area contributed by atoms with Gasteiger partial charge in [0.1, 0.15) is 8.07 Å². The van der Waals surface area contributed by atoms with Gasteiger partial charge in [-0.05, 0) is 0 Å². The summed E-state index contributed by atoms with van der Waals surface area (Å²) in [5.41, 5.74) is 1.27. The summed E-state index contributed by atoms with van der Waals surface area (Å²) in [5.74, 6) is 0. The van der Waals surface area contributed by atoms with Crippen LogP contribution in [-0.4, -0.2) is 36.5 Å². The van der Waals surface area contributed by atoms with Gasteiger partial charge in [-0.2, -0.15) is 0 Å². The van der Waals surface area contributed by atoms with E-state index < -0.39 is 8.07 Å². The summed E-state index contributed by atoms with van der Waals surface area (Å²) in [7, 11) is 0.882. The predicted octanol–water partition coefficient (Wildman–Crippen LogP) is 0.317. The van der Waals surface area contributed by atoms with Crippen molar-refractivity contribution in [3.63, 3.8) is 0 Å². The molecular formula is C7H15LiN2Si. The van der Waals surface area contributed by atoms with Gasteiger partial charge in [-0.1, -0.05) is 19.6 Å². The summed E-state index contributed by atoms with van der Waals surface area (Å²) in [4.78, 5) is 4.31. The number of hydrogen-bond acceptors (Lipinski definition) is 1. The van der Waals surface area contributed by atoms with Crippen LogP contribution in [0.4, 0.5) is 0 Å². The summed E-state index contributed by atoms with van der Waals surface area (Å²) < 4.78 is 2.12. The van der Waals surface area contributed by atoms with Gasteiger partial charge in [0.25, 0.3) is 0 Å². The summed E-state index contributed by atoms with van der Waals surface area (Å²) >= 11 is 0. The third-order valence-corrected chi connectivity index (χ3v) is 3.32. The first-order chi connectivity index (χ1) is 4.52. The minimum absolute atomic E-state index is 0. The Kier molecular flexibility index (Phi) is 3.62. The Hall–Kier alpha value is 0.0243. The molecule has 0 amide bonds. The molecule has 0 radical (unpaired) electrons. The maximum atomic E-state index is 4.31. The van der Waals surface area contributed by atoms with Gasteiger partial charge in [-0.3, -0.25) is 0 Å². The molecule has 1 rings (SSSR count). The number of aromatic nitrogens is 2. The van der Waals surface area contributed by atoms with Crippen LogP contribution in [0.25, 0.3) is 0 Å². The van der Waals surface area contributed by atoms with Gasteiger partial charge in [0.05, 0.1) is 5.45 Å². The molecule has 58 valence electrons. The van der Waals surface area contributed by atoms with Crippen molar-refractivity contribution >= 4 is 32.4 Å². The Balaban J connectivity index is 0.000001000. The zero-order valence-electron chi connectivity index (χ0n) is 7.05. The van der Waals surface area contributed by atoms with Crippen LogP contribution in [0.5, 0.6) is 0 Å². The van der Waals surface area contributed by atoms with Crippen molar-refractivity contribution in [3.8, 4) is 0 Å². The van der Waals surface area contributed by atoms with Gasteiger partial charge in [0.15, 0.2) is 0 Å². The molecule has 0 N–H and O–H groups in total. The number of imidazole rings is 1. The van der Waals surface area contributed by atoms with Crippen molar-refractivity contribution in [1.82, 2.24) is 9.55 Å². The molecule has 0 saturated carbocycles. The fourth-order valence-electron chi connectivity index (χ4n) is 1.09. The van der Waals surface area contributed by atoms with Gasteiger partial charge in [0, 0.05) is 19.4 Å². The zero-order chi connectivity index (χ0) is 7.78. The van der Waals surface area contributed by atoms with E-state index in [1.807, 2.05) is 12.4 Å². The first kappa shape index (κ1) is 11.0. The van der Waals surface area contributed by atoms with E-state index in [1.165, 1.54) is 5.45 Å². The van der Waals surface area contributed by atoms with Gasteiger partial charge < -0.3 is 4.57 Å². The molecule has 0 saturated heterocycles. The summed E-state index contributed by atoms with van der Waals surface area (Å²) in [5, 5.41) is 0. The topological polar surface area (TPSA) is 17.8 Å². The molecule has 11 heavy (non-hydrogen) atoms. The van der Waals surface area contributed by atoms with Crippen molar-refractivity contribution < 1.29 is 0 Å². The normalized spacial score (nSPS) is 10.9. The number of hydrogen-bond donors (Lipinski definition) is 0. The Morgan fingerprint density at radius 1 is 1.36 bits per heavy atom. The molecule has 0 fully saturated rings. The second-order valence-corrected chi connectivity index (χ2v) is 8.56. The van der Waals surface area contributed by atoms with E-state index in [-0.39, 0.29) is 18.9 Å². The standard InChI is InChI=1S/C7H14N2Si.Li.H/c1-9-6-5-8-7(9)10(2,3)4;;/h5-6H,1-4H3;;. The third-order valence-electron chi connectivity index (χ3n) is 1.49. The molecule has 1 aromatic rings. The minimum atomic E-state index is -1.17. The van der Waals surface area contributed by atoms with Crippen molar-refractivity contribution in [2.45, 2.75) is 19.6 Å². The van der Waals surface area contributed by atoms with E-state index in [1.54, 1.807) is 0 Å². The Morgan fingerprint density at radius 2 is 1.91 bits per heavy atom. The van der Waals surface area contributed by atoms with E-state index >= 15 is 0 Å². The molecule has 0 aliphatic rings. The SMILES string of the molecule is Cn1ccnc1[Si](C)(C)C.[LiH]. The molecule has 1 aromatic heterocycles. The third kappa shape index (κ3) is 2.51. The monoisotopic (exact) mass is 162 g/mol. The van der Waals surface area contributed by atoms with Gasteiger partial charge in [-0.15, -0.1) is 0 Å². The van der Waals surface area contributed by atoms with Crippen LogP contribution in [-0.2, 0) is 7.05 Å². The molecule has 0 aliphatic heterocycles. The van der Waals surface area contributed by atoms with Gasteiger partial charge in [-0.25, -0.2) is 4.98 Å². The van der Waals surface area contributed by atoms with Crippen molar-refractivity contribution in [3.05, 3.63) is 12.4 Å². The van der Waals surface area contributed by atoms with E-state index in [0.29, 0.717) is 0 Å². The van der Waals surface area contributed by atoms with Gasteiger partial charge >= 0.3 is 18.9 Å². The fraction of sp³-hybridized carbons (Fsp3) is 0.571. The predicted molar refractivity (Wildman–Crippen MR) is 53.3 cm³/mol. The van der Waals surface area contributed by atoms with Crippen LogP contribution in [0.3, 0.4) is 0 Å². The molecule has 4 heteroatoms. The van der Waals surface area contributed by atoms with Crippen molar-refractivity contribution in [2.24, 2.45) is 7.05 Å². The van der Waals surface area contributed by atoms with Crippen LogP contribution in [0.15, 0.2) is 12.4 Å². The average molecular weight is 162 g/mol. The first-order valence-corrected chi connectivity index (χ1v) is 6.99. The fourth-order valence-corrected chi connectivity index (χ4v) is 2.68. The molecule has 0 atom stereocenters. The van der Waals surface area contributed by atoms with Crippen LogP contribution < -0.4 is 5.45 Å². The first-order valence-electron chi connectivity index (χ1n) is 3.49. The van der Waals surface area contributed by atoms with E-state index in [9.17, 15) is 0 Å². The second kappa shape index (κ2) is 3.62. The van der Waals surface area contributed by atoms with Crippen molar-refractivity contribution in [2.75, 3.05) is 0 Å². The number of aryl methyl sites for hydroxylation is 1. The van der Waals surface area contributed by atoms with Crippen LogP contribution in [0, 0.1) is 0 Å². The quantitative estimate of drug-likeness (QED) is 0.544. The average Bonchev–Trinajstić information content (AvgIpc) is 2.11. The molecule has 0 aliphatic carbocycles. The number of rotatable bonds is 1. The van der Waals surface area contributed by atoms with Gasteiger partial charge in [0.2, 0.25) is 0 Å². The second-order valence-electron chi connectivity index (χ2n) is 3.61. The Labute approximate surface area is 81.2 Å². The Bertz CT molecular complexity index is 227. The molecular weight excluding hydrogens is 147 g/mol. The van der Waals surface area contributed by atoms with Crippen LogP contribution in [0.2, 0.25) is 19.6 Å².